The van der Waals surface area contributed by atoms with Crippen molar-refractivity contribution in [1.29, 1.82) is 0 Å². The smallest absolute Gasteiger partial charge is 0.255 e. The van der Waals surface area contributed by atoms with E-state index in [1.807, 2.05) is 6.07 Å². The number of anilines is 2. The van der Waals surface area contributed by atoms with Gasteiger partial charge in [-0.2, -0.15) is 0 Å². The molecule has 3 N–H and O–H groups in total. The van der Waals surface area contributed by atoms with Crippen molar-refractivity contribution >= 4 is 17.3 Å². The molecule has 0 saturated heterocycles. The van der Waals surface area contributed by atoms with E-state index in [9.17, 15) is 4.79 Å². The topological polar surface area (TPSA) is 58.4 Å². The standard InChI is InChI=1S/C16H27N3O/c1-6-16(7-2,8-3)18-14-11-12(17)9-10-13(14)15(20)19(4)5/h9-11,18H,6-8,17H2,1-5H3. The number of nitrogens with two attached hydrogens (primary N) is 1. The van der Waals surface area contributed by atoms with Gasteiger partial charge in [-0.25, -0.2) is 0 Å². The second-order valence-corrected chi connectivity index (χ2v) is 5.47. The molecule has 0 unspecified atom stereocenters. The van der Waals surface area contributed by atoms with Gasteiger partial charge < -0.3 is 16.0 Å². The molecule has 0 heterocycles. The summed E-state index contributed by atoms with van der Waals surface area (Å²) in [6.45, 7) is 6.50. The molecule has 112 valence electrons. The second kappa shape index (κ2) is 6.64. The van der Waals surface area contributed by atoms with Gasteiger partial charge in [0.2, 0.25) is 0 Å². The quantitative estimate of drug-likeness (QED) is 0.784. The Balaban J connectivity index is 3.22. The van der Waals surface area contributed by atoms with Crippen LogP contribution in [0.2, 0.25) is 0 Å². The molecule has 1 aromatic rings. The zero-order chi connectivity index (χ0) is 15.3. The maximum atomic E-state index is 12.3. The molecule has 0 aliphatic heterocycles. The summed E-state index contributed by atoms with van der Waals surface area (Å²) in [7, 11) is 3.52. The molecule has 1 rings (SSSR count). The molecule has 4 heteroatoms. The first kappa shape index (κ1) is 16.3. The van der Waals surface area contributed by atoms with Crippen molar-refractivity contribution in [2.75, 3.05) is 25.1 Å². The Morgan fingerprint density at radius 1 is 1.20 bits per heavy atom. The fourth-order valence-corrected chi connectivity index (χ4v) is 2.39. The molecule has 0 radical (unpaired) electrons. The monoisotopic (exact) mass is 277 g/mol. The van der Waals surface area contributed by atoms with E-state index in [1.54, 1.807) is 31.1 Å². The largest absolute Gasteiger partial charge is 0.399 e. The number of nitrogens with one attached hydrogen (secondary N) is 1. The number of nitrogen functional groups attached to an aromatic ring is 1. The molecule has 0 aliphatic rings. The Kier molecular flexibility index (Phi) is 5.43. The lowest BCUT2D eigenvalue weighted by Crippen LogP contribution is -2.37. The third kappa shape index (κ3) is 3.44. The van der Waals surface area contributed by atoms with E-state index in [0.717, 1.165) is 24.9 Å². The van der Waals surface area contributed by atoms with Crippen molar-refractivity contribution in [2.45, 2.75) is 45.6 Å². The fourth-order valence-electron chi connectivity index (χ4n) is 2.39. The van der Waals surface area contributed by atoms with E-state index in [-0.39, 0.29) is 11.4 Å². The van der Waals surface area contributed by atoms with Gasteiger partial charge in [0.1, 0.15) is 0 Å². The van der Waals surface area contributed by atoms with Crippen LogP contribution >= 0.6 is 0 Å². The molecule has 20 heavy (non-hydrogen) atoms. The van der Waals surface area contributed by atoms with Gasteiger partial charge in [-0.05, 0) is 37.5 Å². The van der Waals surface area contributed by atoms with Crippen molar-refractivity contribution < 1.29 is 4.79 Å². The van der Waals surface area contributed by atoms with Gasteiger partial charge >= 0.3 is 0 Å². The van der Waals surface area contributed by atoms with Crippen LogP contribution in [-0.4, -0.2) is 30.4 Å². The SMILES string of the molecule is CCC(CC)(CC)Nc1cc(N)ccc1C(=O)N(C)C. The first-order chi connectivity index (χ1) is 9.39. The van der Waals surface area contributed by atoms with Crippen LogP contribution in [0.4, 0.5) is 11.4 Å². The lowest BCUT2D eigenvalue weighted by Gasteiger charge is -2.34. The number of carbonyl (C=O) groups excluding carboxylic acids is 1. The van der Waals surface area contributed by atoms with Crippen LogP contribution in [0.15, 0.2) is 18.2 Å². The highest BCUT2D eigenvalue weighted by molar-refractivity contribution is 6.00. The summed E-state index contributed by atoms with van der Waals surface area (Å²) in [6.07, 6.45) is 3.01. The third-order valence-corrected chi connectivity index (χ3v) is 4.11. The minimum atomic E-state index is -0.00953. The highest BCUT2D eigenvalue weighted by Gasteiger charge is 2.25. The number of benzene rings is 1. The first-order valence-corrected chi connectivity index (χ1v) is 7.28. The lowest BCUT2D eigenvalue weighted by atomic mass is 9.89. The first-order valence-electron chi connectivity index (χ1n) is 7.28. The normalized spacial score (nSPS) is 11.2. The highest BCUT2D eigenvalue weighted by atomic mass is 16.2. The summed E-state index contributed by atoms with van der Waals surface area (Å²) in [5, 5.41) is 3.56. The minimum Gasteiger partial charge on any atom is -0.399 e. The number of amides is 1. The van der Waals surface area contributed by atoms with Crippen LogP contribution in [0, 0.1) is 0 Å². The van der Waals surface area contributed by atoms with E-state index >= 15 is 0 Å². The summed E-state index contributed by atoms with van der Waals surface area (Å²) in [4.78, 5) is 13.9. The fraction of sp³-hybridized carbons (Fsp3) is 0.562. The molecule has 1 aromatic carbocycles. The average molecular weight is 277 g/mol. The van der Waals surface area contributed by atoms with Gasteiger partial charge in [0.15, 0.2) is 0 Å². The van der Waals surface area contributed by atoms with Crippen molar-refractivity contribution in [3.05, 3.63) is 23.8 Å². The molecule has 0 saturated carbocycles. The van der Waals surface area contributed by atoms with Crippen LogP contribution in [0.5, 0.6) is 0 Å². The summed E-state index contributed by atoms with van der Waals surface area (Å²) in [5.41, 5.74) is 8.06. The van der Waals surface area contributed by atoms with E-state index in [2.05, 4.69) is 26.1 Å². The van der Waals surface area contributed by atoms with Crippen LogP contribution in [-0.2, 0) is 0 Å². The molecule has 0 fully saturated rings. The number of hydrogen-bond acceptors (Lipinski definition) is 3. The summed E-state index contributed by atoms with van der Waals surface area (Å²) in [5.74, 6) is -0.00953. The number of rotatable bonds is 6. The number of hydrogen-bond donors (Lipinski definition) is 2. The average Bonchev–Trinajstić information content (AvgIpc) is 2.44. The molecular weight excluding hydrogens is 250 g/mol. The van der Waals surface area contributed by atoms with Crippen molar-refractivity contribution in [2.24, 2.45) is 0 Å². The van der Waals surface area contributed by atoms with Gasteiger partial charge in [0, 0.05) is 31.0 Å². The highest BCUT2D eigenvalue weighted by Crippen LogP contribution is 2.29. The minimum absolute atomic E-state index is 0.00906. The Morgan fingerprint density at radius 3 is 2.20 bits per heavy atom. The van der Waals surface area contributed by atoms with Crippen molar-refractivity contribution in [3.8, 4) is 0 Å². The number of nitrogens with zero attached hydrogens (tertiary/aromatic N) is 1. The summed E-state index contributed by atoms with van der Waals surface area (Å²) < 4.78 is 0. The van der Waals surface area contributed by atoms with Gasteiger partial charge in [0.05, 0.1) is 5.56 Å². The van der Waals surface area contributed by atoms with Gasteiger partial charge in [-0.15, -0.1) is 0 Å². The Bertz CT molecular complexity index is 457. The van der Waals surface area contributed by atoms with Crippen LogP contribution in [0.25, 0.3) is 0 Å². The molecular formula is C16H27N3O. The van der Waals surface area contributed by atoms with Crippen LogP contribution < -0.4 is 11.1 Å². The van der Waals surface area contributed by atoms with E-state index in [4.69, 9.17) is 5.73 Å². The second-order valence-electron chi connectivity index (χ2n) is 5.47. The Hall–Kier alpha value is -1.71. The number of carbonyl (C=O) groups is 1. The molecule has 1 amide bonds. The summed E-state index contributed by atoms with van der Waals surface area (Å²) in [6, 6.07) is 5.42. The Morgan fingerprint density at radius 2 is 1.75 bits per heavy atom. The molecule has 0 aliphatic carbocycles. The zero-order valence-electron chi connectivity index (χ0n) is 13.3. The van der Waals surface area contributed by atoms with Crippen molar-refractivity contribution in [3.63, 3.8) is 0 Å². The van der Waals surface area contributed by atoms with E-state index in [1.165, 1.54) is 0 Å². The van der Waals surface area contributed by atoms with Gasteiger partial charge in [-0.3, -0.25) is 4.79 Å². The Labute approximate surface area is 122 Å². The molecule has 4 nitrogen and oxygen atoms in total. The summed E-state index contributed by atoms with van der Waals surface area (Å²) >= 11 is 0. The lowest BCUT2D eigenvalue weighted by molar-refractivity contribution is 0.0828. The van der Waals surface area contributed by atoms with Crippen molar-refractivity contribution in [1.82, 2.24) is 4.90 Å². The third-order valence-electron chi connectivity index (χ3n) is 4.11. The maximum Gasteiger partial charge on any atom is 0.255 e. The van der Waals surface area contributed by atoms with Gasteiger partial charge in [0.25, 0.3) is 5.91 Å². The molecule has 0 atom stereocenters. The van der Waals surface area contributed by atoms with Gasteiger partial charge in [-0.1, -0.05) is 20.8 Å². The maximum absolute atomic E-state index is 12.3. The molecule has 0 bridgehead atoms. The predicted molar refractivity (Wildman–Crippen MR) is 86.1 cm³/mol. The molecule has 0 spiro atoms. The molecule has 0 aromatic heterocycles. The van der Waals surface area contributed by atoms with E-state index < -0.39 is 0 Å². The van der Waals surface area contributed by atoms with E-state index in [0.29, 0.717) is 11.3 Å². The van der Waals surface area contributed by atoms with Crippen LogP contribution in [0.3, 0.4) is 0 Å². The predicted octanol–water partition coefficient (Wildman–Crippen LogP) is 3.35. The van der Waals surface area contributed by atoms with Crippen LogP contribution in [0.1, 0.15) is 50.4 Å². The zero-order valence-corrected chi connectivity index (χ0v) is 13.3.